The highest BCUT2D eigenvalue weighted by Crippen LogP contribution is 2.13. The third-order valence-corrected chi connectivity index (χ3v) is 2.36. The number of para-hydroxylation sites is 1. The van der Waals surface area contributed by atoms with Crippen LogP contribution in [0.4, 0.5) is 10.1 Å². The van der Waals surface area contributed by atoms with Gasteiger partial charge in [-0.05, 0) is 30.3 Å². The molecule has 0 saturated heterocycles. The van der Waals surface area contributed by atoms with E-state index in [0.29, 0.717) is 10.6 Å². The van der Waals surface area contributed by atoms with Gasteiger partial charge in [0.2, 0.25) is 0 Å². The monoisotopic (exact) mass is 248 g/mol. The Labute approximate surface area is 104 Å². The maximum atomic E-state index is 13.3. The number of hydrazone groups is 1. The predicted molar refractivity (Wildman–Crippen MR) is 69.1 cm³/mol. The first-order valence-corrected chi connectivity index (χ1v) is 5.43. The lowest BCUT2D eigenvalue weighted by atomic mass is 10.2. The summed E-state index contributed by atoms with van der Waals surface area (Å²) < 4.78 is 13.3. The molecule has 2 aromatic carbocycles. The molecule has 0 aliphatic carbocycles. The van der Waals surface area contributed by atoms with Crippen LogP contribution in [-0.2, 0) is 0 Å². The van der Waals surface area contributed by atoms with Crippen molar-refractivity contribution in [2.45, 2.75) is 0 Å². The quantitative estimate of drug-likeness (QED) is 0.646. The number of nitrogens with zero attached hydrogens (tertiary/aromatic N) is 1. The normalized spacial score (nSPS) is 10.7. The van der Waals surface area contributed by atoms with Crippen molar-refractivity contribution in [2.75, 3.05) is 5.43 Å². The summed E-state index contributed by atoms with van der Waals surface area (Å²) in [6.45, 7) is 0. The first-order valence-electron chi connectivity index (χ1n) is 5.05. The lowest BCUT2D eigenvalue weighted by Crippen LogP contribution is -1.92. The van der Waals surface area contributed by atoms with Gasteiger partial charge >= 0.3 is 0 Å². The molecule has 0 aliphatic heterocycles. The number of benzene rings is 2. The molecule has 0 amide bonds. The fraction of sp³-hybridized carbons (Fsp3) is 0. The van der Waals surface area contributed by atoms with Crippen LogP contribution >= 0.6 is 11.6 Å². The van der Waals surface area contributed by atoms with Gasteiger partial charge < -0.3 is 0 Å². The SMILES string of the molecule is Fc1ccc(Cl)cc1C=NNc1ccccc1. The van der Waals surface area contributed by atoms with Gasteiger partial charge in [-0.3, -0.25) is 5.43 Å². The summed E-state index contributed by atoms with van der Waals surface area (Å²) >= 11 is 5.76. The molecule has 0 aromatic heterocycles. The van der Waals surface area contributed by atoms with Gasteiger partial charge in [-0.25, -0.2) is 4.39 Å². The summed E-state index contributed by atoms with van der Waals surface area (Å²) in [4.78, 5) is 0. The van der Waals surface area contributed by atoms with Crippen LogP contribution in [0.1, 0.15) is 5.56 Å². The molecular formula is C13H10ClFN2. The van der Waals surface area contributed by atoms with Crippen molar-refractivity contribution in [1.29, 1.82) is 0 Å². The second-order valence-corrected chi connectivity index (χ2v) is 3.84. The fourth-order valence-electron chi connectivity index (χ4n) is 1.30. The van der Waals surface area contributed by atoms with E-state index in [1.165, 1.54) is 24.4 Å². The van der Waals surface area contributed by atoms with Gasteiger partial charge in [0.1, 0.15) is 5.82 Å². The second kappa shape index (κ2) is 5.46. The van der Waals surface area contributed by atoms with Crippen LogP contribution in [0.25, 0.3) is 0 Å². The molecule has 0 bridgehead atoms. The summed E-state index contributed by atoms with van der Waals surface area (Å²) in [6, 6.07) is 13.7. The average molecular weight is 249 g/mol. The van der Waals surface area contributed by atoms with Crippen LogP contribution in [-0.4, -0.2) is 6.21 Å². The Bertz CT molecular complexity index is 526. The van der Waals surface area contributed by atoms with E-state index in [9.17, 15) is 4.39 Å². The van der Waals surface area contributed by atoms with Gasteiger partial charge in [0.25, 0.3) is 0 Å². The Morgan fingerprint density at radius 1 is 1.12 bits per heavy atom. The van der Waals surface area contributed by atoms with Gasteiger partial charge in [-0.1, -0.05) is 29.8 Å². The Hall–Kier alpha value is -1.87. The lowest BCUT2D eigenvalue weighted by Gasteiger charge is -1.99. The van der Waals surface area contributed by atoms with Gasteiger partial charge in [-0.2, -0.15) is 5.10 Å². The minimum absolute atomic E-state index is 0.348. The van der Waals surface area contributed by atoms with E-state index in [1.807, 2.05) is 30.3 Å². The molecule has 1 N–H and O–H groups in total. The molecule has 0 spiro atoms. The van der Waals surface area contributed by atoms with Crippen LogP contribution in [0.5, 0.6) is 0 Å². The van der Waals surface area contributed by atoms with Crippen molar-refractivity contribution in [3.05, 3.63) is 64.9 Å². The van der Waals surface area contributed by atoms with E-state index < -0.39 is 0 Å². The number of halogens is 2. The van der Waals surface area contributed by atoms with E-state index in [2.05, 4.69) is 10.5 Å². The Morgan fingerprint density at radius 2 is 1.88 bits per heavy atom. The molecule has 0 unspecified atom stereocenters. The van der Waals surface area contributed by atoms with Crippen LogP contribution < -0.4 is 5.43 Å². The van der Waals surface area contributed by atoms with Crippen molar-refractivity contribution < 1.29 is 4.39 Å². The van der Waals surface area contributed by atoms with Crippen molar-refractivity contribution in [2.24, 2.45) is 5.10 Å². The highest BCUT2D eigenvalue weighted by atomic mass is 35.5. The van der Waals surface area contributed by atoms with Crippen molar-refractivity contribution in [1.82, 2.24) is 0 Å². The van der Waals surface area contributed by atoms with Crippen molar-refractivity contribution in [3.63, 3.8) is 0 Å². The zero-order chi connectivity index (χ0) is 12.1. The number of hydrogen-bond donors (Lipinski definition) is 1. The standard InChI is InChI=1S/C13H10ClFN2/c14-11-6-7-13(15)10(8-11)9-16-17-12-4-2-1-3-5-12/h1-9,17H. The molecule has 2 aromatic rings. The van der Waals surface area contributed by atoms with Gasteiger partial charge in [-0.15, -0.1) is 0 Å². The van der Waals surface area contributed by atoms with E-state index in [4.69, 9.17) is 11.6 Å². The molecule has 0 radical (unpaired) electrons. The third kappa shape index (κ3) is 3.29. The van der Waals surface area contributed by atoms with Crippen molar-refractivity contribution >= 4 is 23.5 Å². The second-order valence-electron chi connectivity index (χ2n) is 3.40. The number of anilines is 1. The maximum Gasteiger partial charge on any atom is 0.132 e. The van der Waals surface area contributed by atoms with Gasteiger partial charge in [0.15, 0.2) is 0 Å². The Morgan fingerprint density at radius 3 is 2.65 bits per heavy atom. The summed E-state index contributed by atoms with van der Waals surface area (Å²) in [5, 5.41) is 4.42. The molecule has 0 aliphatic rings. The summed E-state index contributed by atoms with van der Waals surface area (Å²) in [5.74, 6) is -0.354. The largest absolute Gasteiger partial charge is 0.279 e. The molecule has 17 heavy (non-hydrogen) atoms. The smallest absolute Gasteiger partial charge is 0.132 e. The molecular weight excluding hydrogens is 239 g/mol. The highest BCUT2D eigenvalue weighted by Gasteiger charge is 1.99. The fourth-order valence-corrected chi connectivity index (χ4v) is 1.48. The molecule has 86 valence electrons. The molecule has 2 nitrogen and oxygen atoms in total. The van der Waals surface area contributed by atoms with Crippen LogP contribution in [0.2, 0.25) is 5.02 Å². The van der Waals surface area contributed by atoms with Crippen molar-refractivity contribution in [3.8, 4) is 0 Å². The topological polar surface area (TPSA) is 24.4 Å². The lowest BCUT2D eigenvalue weighted by molar-refractivity contribution is 0.626. The predicted octanol–water partition coefficient (Wildman–Crippen LogP) is 3.93. The maximum absolute atomic E-state index is 13.3. The number of rotatable bonds is 3. The van der Waals surface area contributed by atoms with Gasteiger partial charge in [0.05, 0.1) is 11.9 Å². The average Bonchev–Trinajstić information content (AvgIpc) is 2.35. The molecule has 2 rings (SSSR count). The van der Waals surface area contributed by atoms with E-state index in [1.54, 1.807) is 0 Å². The molecule has 0 heterocycles. The summed E-state index contributed by atoms with van der Waals surface area (Å²) in [7, 11) is 0. The van der Waals surface area contributed by atoms with Crippen LogP contribution in [0, 0.1) is 5.82 Å². The number of nitrogens with one attached hydrogen (secondary N) is 1. The molecule has 0 atom stereocenters. The van der Waals surface area contributed by atoms with Crippen LogP contribution in [0.15, 0.2) is 53.6 Å². The summed E-state index contributed by atoms with van der Waals surface area (Å²) in [5.41, 5.74) is 3.99. The Balaban J connectivity index is 2.08. The number of hydrogen-bond acceptors (Lipinski definition) is 2. The molecule has 0 fully saturated rings. The molecule has 0 saturated carbocycles. The zero-order valence-electron chi connectivity index (χ0n) is 8.90. The zero-order valence-corrected chi connectivity index (χ0v) is 9.66. The first kappa shape index (κ1) is 11.6. The third-order valence-electron chi connectivity index (χ3n) is 2.13. The van der Waals surface area contributed by atoms with E-state index >= 15 is 0 Å². The van der Waals surface area contributed by atoms with Gasteiger partial charge in [0, 0.05) is 10.6 Å². The van der Waals surface area contributed by atoms with E-state index in [-0.39, 0.29) is 5.82 Å². The minimum atomic E-state index is -0.354. The van der Waals surface area contributed by atoms with Crippen LogP contribution in [0.3, 0.4) is 0 Å². The minimum Gasteiger partial charge on any atom is -0.279 e. The van der Waals surface area contributed by atoms with E-state index in [0.717, 1.165) is 5.69 Å². The summed E-state index contributed by atoms with van der Waals surface area (Å²) in [6.07, 6.45) is 1.40. The highest BCUT2D eigenvalue weighted by molar-refractivity contribution is 6.30. The first-order chi connectivity index (χ1) is 8.25. The molecule has 4 heteroatoms. The Kier molecular flexibility index (Phi) is 3.73.